The number of hydrogen-bond acceptors (Lipinski definition) is 2. The molecule has 0 N–H and O–H groups in total. The van der Waals surface area contributed by atoms with Gasteiger partial charge >= 0.3 is 110 Å². The van der Waals surface area contributed by atoms with Crippen LogP contribution < -0.4 is 0 Å². The van der Waals surface area contributed by atoms with E-state index >= 15 is 0 Å². The molecule has 0 bridgehead atoms. The molecule has 0 radical (unpaired) electrons. The molecule has 2 nitrogen and oxygen atoms in total. The second kappa shape index (κ2) is 6.33. The van der Waals surface area contributed by atoms with E-state index in [0.717, 1.165) is 5.56 Å². The summed E-state index contributed by atoms with van der Waals surface area (Å²) in [4.78, 5) is 11.9. The molecule has 1 heterocycles. The van der Waals surface area contributed by atoms with Crippen molar-refractivity contribution in [3.05, 3.63) is 35.9 Å². The first-order valence-electron chi connectivity index (χ1n) is 6.88. The van der Waals surface area contributed by atoms with Crippen molar-refractivity contribution in [2.75, 3.05) is 25.2 Å². The number of hydrogen-bond donors (Lipinski definition) is 0. The molecule has 100 valence electrons. The minimum absolute atomic E-state index is 0.00918. The van der Waals surface area contributed by atoms with Crippen molar-refractivity contribution in [1.82, 2.24) is 0 Å². The fraction of sp³-hybridized carbons (Fsp3) is 0.533. The Morgan fingerprint density at radius 2 is 1.83 bits per heavy atom. The summed E-state index contributed by atoms with van der Waals surface area (Å²) in [5.41, 5.74) is 1.07. The number of carbonyl (C=O) groups excluding carboxylic acids is 1. The van der Waals surface area contributed by atoms with E-state index < -0.39 is 7.26 Å². The molecule has 1 aliphatic heterocycles. The van der Waals surface area contributed by atoms with Gasteiger partial charge in [-0.05, 0) is 0 Å². The van der Waals surface area contributed by atoms with Crippen LogP contribution in [0, 0.1) is 0 Å². The third-order valence-corrected chi connectivity index (χ3v) is 8.14. The Hall–Kier alpha value is -0.880. The van der Waals surface area contributed by atoms with Gasteiger partial charge in [-0.1, -0.05) is 0 Å². The van der Waals surface area contributed by atoms with Crippen LogP contribution in [0.4, 0.5) is 0 Å². The molecular weight excluding hydrogens is 243 g/mol. The number of benzene rings is 1. The predicted octanol–water partition coefficient (Wildman–Crippen LogP) is 3.29. The fourth-order valence-electron chi connectivity index (χ4n) is 2.72. The zero-order valence-corrected chi connectivity index (χ0v) is 12.2. The van der Waals surface area contributed by atoms with Gasteiger partial charge in [0.25, 0.3) is 0 Å². The topological polar surface area (TPSA) is 26.3 Å². The Morgan fingerprint density at radius 1 is 1.17 bits per heavy atom. The maximum absolute atomic E-state index is 11.9. The van der Waals surface area contributed by atoms with Crippen LogP contribution in [0.1, 0.15) is 24.8 Å². The van der Waals surface area contributed by atoms with Gasteiger partial charge in [-0.15, -0.1) is 0 Å². The van der Waals surface area contributed by atoms with E-state index in [-0.39, 0.29) is 5.97 Å². The van der Waals surface area contributed by atoms with Gasteiger partial charge < -0.3 is 0 Å². The van der Waals surface area contributed by atoms with Crippen LogP contribution in [0.15, 0.2) is 30.3 Å². The van der Waals surface area contributed by atoms with Crippen LogP contribution in [0.25, 0.3) is 0 Å². The number of ether oxygens (including phenoxy) is 1. The SMILES string of the molecule is C[PH]1(CC(=O)OCc2ccccc2)CCCCC1. The van der Waals surface area contributed by atoms with E-state index in [4.69, 9.17) is 4.74 Å². The second-order valence-electron chi connectivity index (χ2n) is 5.69. The summed E-state index contributed by atoms with van der Waals surface area (Å²) in [5, 5.41) is 0. The third kappa shape index (κ3) is 4.10. The van der Waals surface area contributed by atoms with Gasteiger partial charge in [0.2, 0.25) is 0 Å². The van der Waals surface area contributed by atoms with E-state index in [1.54, 1.807) is 0 Å². The van der Waals surface area contributed by atoms with E-state index in [0.29, 0.717) is 12.8 Å². The van der Waals surface area contributed by atoms with Crippen molar-refractivity contribution < 1.29 is 9.53 Å². The average Bonchev–Trinajstić information content (AvgIpc) is 2.38. The molecule has 3 heteroatoms. The van der Waals surface area contributed by atoms with Gasteiger partial charge in [0.15, 0.2) is 0 Å². The Balaban J connectivity index is 1.78. The Labute approximate surface area is 110 Å². The van der Waals surface area contributed by atoms with E-state index in [1.165, 1.54) is 31.6 Å². The van der Waals surface area contributed by atoms with Crippen LogP contribution in [-0.4, -0.2) is 31.1 Å². The number of carbonyl (C=O) groups is 1. The van der Waals surface area contributed by atoms with Crippen molar-refractivity contribution in [1.29, 1.82) is 0 Å². The normalized spacial score (nSPS) is 20.1. The summed E-state index contributed by atoms with van der Waals surface area (Å²) in [6.07, 6.45) is 7.28. The minimum atomic E-state index is -1.31. The molecule has 1 aromatic carbocycles. The molecule has 1 fully saturated rings. The Morgan fingerprint density at radius 3 is 2.50 bits per heavy atom. The predicted molar refractivity (Wildman–Crippen MR) is 78.9 cm³/mol. The Bertz CT molecular complexity index is 383. The molecule has 2 rings (SSSR count). The van der Waals surface area contributed by atoms with Gasteiger partial charge in [-0.25, -0.2) is 0 Å². The zero-order valence-electron chi connectivity index (χ0n) is 11.2. The molecule has 0 spiro atoms. The molecule has 0 saturated carbocycles. The van der Waals surface area contributed by atoms with Gasteiger partial charge in [0, 0.05) is 0 Å². The number of rotatable bonds is 4. The molecule has 18 heavy (non-hydrogen) atoms. The van der Waals surface area contributed by atoms with Crippen molar-refractivity contribution in [2.24, 2.45) is 0 Å². The van der Waals surface area contributed by atoms with Gasteiger partial charge in [-0.3, -0.25) is 0 Å². The summed E-state index contributed by atoms with van der Waals surface area (Å²) in [5.74, 6) is 0.00918. The first-order chi connectivity index (χ1) is 8.68. The van der Waals surface area contributed by atoms with Gasteiger partial charge in [0.05, 0.1) is 0 Å². The van der Waals surface area contributed by atoms with Crippen LogP contribution in [0.2, 0.25) is 0 Å². The van der Waals surface area contributed by atoms with Crippen molar-refractivity contribution in [2.45, 2.75) is 25.9 Å². The average molecular weight is 266 g/mol. The van der Waals surface area contributed by atoms with Crippen molar-refractivity contribution in [3.63, 3.8) is 0 Å². The number of esters is 1. The fourth-order valence-corrected chi connectivity index (χ4v) is 6.33. The zero-order chi connectivity index (χ0) is 12.8. The standard InChI is InChI=1S/C15H23O2P/c1-18(10-6-3-7-11-18)13-15(16)17-12-14-8-4-2-5-9-14/h2,4-5,8-9,18H,3,6-7,10-13H2,1H3. The first-order valence-corrected chi connectivity index (χ1v) is 10.00. The molecule has 0 amide bonds. The molecule has 1 saturated heterocycles. The third-order valence-electron chi connectivity index (χ3n) is 3.87. The van der Waals surface area contributed by atoms with Crippen LogP contribution in [-0.2, 0) is 16.1 Å². The summed E-state index contributed by atoms with van der Waals surface area (Å²) in [6.45, 7) is 2.78. The van der Waals surface area contributed by atoms with E-state index in [1.807, 2.05) is 30.3 Å². The summed E-state index contributed by atoms with van der Waals surface area (Å²) < 4.78 is 5.39. The quantitative estimate of drug-likeness (QED) is 0.617. The molecule has 0 unspecified atom stereocenters. The van der Waals surface area contributed by atoms with E-state index in [9.17, 15) is 4.79 Å². The van der Waals surface area contributed by atoms with Crippen LogP contribution in [0.3, 0.4) is 0 Å². The molecule has 0 atom stereocenters. The summed E-state index contributed by atoms with van der Waals surface area (Å²) in [6, 6.07) is 9.90. The monoisotopic (exact) mass is 266 g/mol. The maximum atomic E-state index is 11.9. The summed E-state index contributed by atoms with van der Waals surface area (Å²) in [7, 11) is -1.31. The molecular formula is C15H23O2P. The Kier molecular flexibility index (Phi) is 4.77. The molecule has 0 aromatic heterocycles. The van der Waals surface area contributed by atoms with E-state index in [2.05, 4.69) is 6.66 Å². The molecule has 0 aliphatic carbocycles. The van der Waals surface area contributed by atoms with Crippen molar-refractivity contribution in [3.8, 4) is 0 Å². The second-order valence-corrected chi connectivity index (χ2v) is 10.7. The first kappa shape index (κ1) is 13.5. The van der Waals surface area contributed by atoms with Gasteiger partial charge in [-0.2, -0.15) is 0 Å². The van der Waals surface area contributed by atoms with Crippen molar-refractivity contribution >= 4 is 13.2 Å². The molecule has 1 aromatic rings. The van der Waals surface area contributed by atoms with Crippen LogP contribution >= 0.6 is 7.26 Å². The van der Waals surface area contributed by atoms with Gasteiger partial charge in [0.1, 0.15) is 0 Å². The molecule has 1 aliphatic rings. The van der Waals surface area contributed by atoms with Crippen LogP contribution in [0.5, 0.6) is 0 Å². The summed E-state index contributed by atoms with van der Waals surface area (Å²) >= 11 is 0.